The summed E-state index contributed by atoms with van der Waals surface area (Å²) < 4.78 is 0. The van der Waals surface area contributed by atoms with Gasteiger partial charge in [0.05, 0.1) is 0 Å². The highest BCUT2D eigenvalue weighted by Crippen LogP contribution is 1.98. The molecule has 0 aromatic carbocycles. The highest BCUT2D eigenvalue weighted by molar-refractivity contribution is 5.73. The van der Waals surface area contributed by atoms with Crippen molar-refractivity contribution in [1.82, 2.24) is 5.32 Å². The molecule has 0 aromatic rings. The van der Waals surface area contributed by atoms with Gasteiger partial charge in [-0.2, -0.15) is 0 Å². The fourth-order valence-corrected chi connectivity index (χ4v) is 0.929. The summed E-state index contributed by atoms with van der Waals surface area (Å²) >= 11 is 0. The SMILES string of the molecule is CCCC[C@@H](C)NC(C)=O. The maximum Gasteiger partial charge on any atom is 0.217 e. The summed E-state index contributed by atoms with van der Waals surface area (Å²) in [6, 6.07) is 0.345. The lowest BCUT2D eigenvalue weighted by atomic mass is 10.1. The monoisotopic (exact) mass is 143 g/mol. The van der Waals surface area contributed by atoms with Crippen molar-refractivity contribution in [2.45, 2.75) is 46.1 Å². The molecule has 0 heterocycles. The summed E-state index contributed by atoms with van der Waals surface area (Å²) in [7, 11) is 0. The molecule has 0 aliphatic heterocycles. The third-order valence-electron chi connectivity index (χ3n) is 1.44. The van der Waals surface area contributed by atoms with Gasteiger partial charge in [-0.1, -0.05) is 19.8 Å². The lowest BCUT2D eigenvalue weighted by Crippen LogP contribution is -2.30. The number of nitrogens with one attached hydrogen (secondary N) is 1. The molecule has 0 unspecified atom stereocenters. The first kappa shape index (κ1) is 9.47. The van der Waals surface area contributed by atoms with Gasteiger partial charge < -0.3 is 5.32 Å². The number of carbonyl (C=O) groups excluding carboxylic acids is 1. The van der Waals surface area contributed by atoms with Crippen LogP contribution in [-0.4, -0.2) is 11.9 Å². The van der Waals surface area contributed by atoms with E-state index in [1.54, 1.807) is 6.92 Å². The molecule has 0 saturated heterocycles. The van der Waals surface area contributed by atoms with E-state index in [1.807, 2.05) is 6.92 Å². The van der Waals surface area contributed by atoms with Crippen LogP contribution in [0, 0.1) is 0 Å². The van der Waals surface area contributed by atoms with Gasteiger partial charge >= 0.3 is 0 Å². The summed E-state index contributed by atoms with van der Waals surface area (Å²) in [5.41, 5.74) is 0. The van der Waals surface area contributed by atoms with Crippen molar-refractivity contribution in [2.75, 3.05) is 0 Å². The Morgan fingerprint density at radius 2 is 2.20 bits per heavy atom. The Morgan fingerprint density at radius 1 is 1.60 bits per heavy atom. The largest absolute Gasteiger partial charge is 0.354 e. The van der Waals surface area contributed by atoms with Crippen LogP contribution in [0.4, 0.5) is 0 Å². The first-order chi connectivity index (χ1) is 4.66. The zero-order valence-corrected chi connectivity index (χ0v) is 7.11. The van der Waals surface area contributed by atoms with Gasteiger partial charge in [0.1, 0.15) is 0 Å². The third-order valence-corrected chi connectivity index (χ3v) is 1.44. The van der Waals surface area contributed by atoms with Crippen LogP contribution in [0.1, 0.15) is 40.0 Å². The van der Waals surface area contributed by atoms with Crippen LogP contribution in [0.15, 0.2) is 0 Å². The zero-order valence-electron chi connectivity index (χ0n) is 7.11. The predicted octanol–water partition coefficient (Wildman–Crippen LogP) is 1.70. The third kappa shape index (κ3) is 5.60. The highest BCUT2D eigenvalue weighted by atomic mass is 16.1. The summed E-state index contributed by atoms with van der Waals surface area (Å²) in [5, 5.41) is 2.84. The van der Waals surface area contributed by atoms with Gasteiger partial charge in [-0.3, -0.25) is 4.79 Å². The van der Waals surface area contributed by atoms with Crippen molar-refractivity contribution < 1.29 is 4.79 Å². The van der Waals surface area contributed by atoms with Crippen molar-refractivity contribution in [3.63, 3.8) is 0 Å². The molecule has 10 heavy (non-hydrogen) atoms. The average Bonchev–Trinajstić information content (AvgIpc) is 1.82. The van der Waals surface area contributed by atoms with Crippen molar-refractivity contribution in [3.8, 4) is 0 Å². The minimum absolute atomic E-state index is 0.0728. The lowest BCUT2D eigenvalue weighted by Gasteiger charge is -2.10. The molecule has 0 aliphatic carbocycles. The van der Waals surface area contributed by atoms with E-state index in [0.29, 0.717) is 6.04 Å². The number of hydrogen-bond donors (Lipinski definition) is 1. The van der Waals surface area contributed by atoms with E-state index in [1.165, 1.54) is 12.8 Å². The molecule has 0 bridgehead atoms. The summed E-state index contributed by atoms with van der Waals surface area (Å²) in [6.45, 7) is 5.75. The van der Waals surface area contributed by atoms with Crippen molar-refractivity contribution >= 4 is 5.91 Å². The number of carbonyl (C=O) groups is 1. The summed E-state index contributed by atoms with van der Waals surface area (Å²) in [6.07, 6.45) is 3.49. The molecular formula is C8H17NO. The van der Waals surface area contributed by atoms with Crippen LogP contribution < -0.4 is 5.32 Å². The van der Waals surface area contributed by atoms with Gasteiger partial charge in [-0.25, -0.2) is 0 Å². The van der Waals surface area contributed by atoms with Gasteiger partial charge in [-0.15, -0.1) is 0 Å². The van der Waals surface area contributed by atoms with E-state index in [2.05, 4.69) is 12.2 Å². The molecule has 60 valence electrons. The van der Waals surface area contributed by atoms with Crippen LogP contribution in [0.5, 0.6) is 0 Å². The Balaban J connectivity index is 3.25. The number of amides is 1. The van der Waals surface area contributed by atoms with Crippen molar-refractivity contribution in [1.29, 1.82) is 0 Å². The van der Waals surface area contributed by atoms with E-state index in [0.717, 1.165) is 6.42 Å². The van der Waals surface area contributed by atoms with Crippen molar-refractivity contribution in [2.24, 2.45) is 0 Å². The molecular weight excluding hydrogens is 126 g/mol. The quantitative estimate of drug-likeness (QED) is 0.637. The molecule has 1 amide bonds. The first-order valence-corrected chi connectivity index (χ1v) is 3.94. The smallest absolute Gasteiger partial charge is 0.217 e. The molecule has 0 radical (unpaired) electrons. The Kier molecular flexibility index (Phi) is 4.99. The van der Waals surface area contributed by atoms with E-state index < -0.39 is 0 Å². The lowest BCUT2D eigenvalue weighted by molar-refractivity contribution is -0.119. The topological polar surface area (TPSA) is 29.1 Å². The molecule has 0 aromatic heterocycles. The number of rotatable bonds is 4. The Bertz CT molecular complexity index is 101. The van der Waals surface area contributed by atoms with E-state index in [-0.39, 0.29) is 5.91 Å². The average molecular weight is 143 g/mol. The van der Waals surface area contributed by atoms with Crippen LogP contribution in [0.3, 0.4) is 0 Å². The number of unbranched alkanes of at least 4 members (excludes halogenated alkanes) is 1. The maximum atomic E-state index is 10.5. The van der Waals surface area contributed by atoms with Gasteiger partial charge in [0, 0.05) is 13.0 Å². The van der Waals surface area contributed by atoms with Gasteiger partial charge in [0.2, 0.25) is 5.91 Å². The molecule has 0 saturated carbocycles. The molecule has 2 heteroatoms. The van der Waals surface area contributed by atoms with Crippen LogP contribution in [-0.2, 0) is 4.79 Å². The predicted molar refractivity (Wildman–Crippen MR) is 42.8 cm³/mol. The molecule has 0 rings (SSSR count). The van der Waals surface area contributed by atoms with Crippen LogP contribution in [0.25, 0.3) is 0 Å². The van der Waals surface area contributed by atoms with Gasteiger partial charge in [0.25, 0.3) is 0 Å². The van der Waals surface area contributed by atoms with Crippen molar-refractivity contribution in [3.05, 3.63) is 0 Å². The number of hydrogen-bond acceptors (Lipinski definition) is 1. The normalized spacial score (nSPS) is 12.7. The molecule has 0 aliphatic rings. The minimum Gasteiger partial charge on any atom is -0.354 e. The summed E-state index contributed by atoms with van der Waals surface area (Å²) in [5.74, 6) is 0.0728. The van der Waals surface area contributed by atoms with Gasteiger partial charge in [-0.05, 0) is 13.3 Å². The second kappa shape index (κ2) is 5.27. The Morgan fingerprint density at radius 3 is 2.60 bits per heavy atom. The first-order valence-electron chi connectivity index (χ1n) is 3.94. The second-order valence-corrected chi connectivity index (χ2v) is 2.74. The standard InChI is InChI=1S/C8H17NO/c1-4-5-6-7(2)9-8(3)10/h7H,4-6H2,1-3H3,(H,9,10)/t7-/m1/s1. The van der Waals surface area contributed by atoms with E-state index in [4.69, 9.17) is 0 Å². The second-order valence-electron chi connectivity index (χ2n) is 2.74. The van der Waals surface area contributed by atoms with Crippen LogP contribution >= 0.6 is 0 Å². The maximum absolute atomic E-state index is 10.5. The molecule has 1 atom stereocenters. The molecule has 1 N–H and O–H groups in total. The fraction of sp³-hybridized carbons (Fsp3) is 0.875. The van der Waals surface area contributed by atoms with Gasteiger partial charge in [0.15, 0.2) is 0 Å². The zero-order chi connectivity index (χ0) is 7.98. The Labute approximate surface area is 63.0 Å². The summed E-state index contributed by atoms with van der Waals surface area (Å²) in [4.78, 5) is 10.5. The van der Waals surface area contributed by atoms with Crippen LogP contribution in [0.2, 0.25) is 0 Å². The molecule has 0 spiro atoms. The minimum atomic E-state index is 0.0728. The Hall–Kier alpha value is -0.530. The highest BCUT2D eigenvalue weighted by Gasteiger charge is 2.00. The fourth-order valence-electron chi connectivity index (χ4n) is 0.929. The van der Waals surface area contributed by atoms with E-state index in [9.17, 15) is 4.79 Å². The molecule has 2 nitrogen and oxygen atoms in total. The molecule has 0 fully saturated rings. The van der Waals surface area contributed by atoms with E-state index >= 15 is 0 Å².